The minimum atomic E-state index is -3.72. The minimum absolute atomic E-state index is 0.0123. The van der Waals surface area contributed by atoms with Crippen molar-refractivity contribution in [3.05, 3.63) is 35.4 Å². The van der Waals surface area contributed by atoms with Gasteiger partial charge in [0.15, 0.2) is 0 Å². The van der Waals surface area contributed by atoms with E-state index >= 15 is 0 Å². The number of hydrogen-bond acceptors (Lipinski definition) is 4. The summed E-state index contributed by atoms with van der Waals surface area (Å²) in [7, 11) is -3.72. The van der Waals surface area contributed by atoms with Crippen LogP contribution in [0.5, 0.6) is 0 Å². The number of benzene rings is 1. The molecule has 27 heavy (non-hydrogen) atoms. The molecule has 6 nitrogen and oxygen atoms in total. The fourth-order valence-corrected chi connectivity index (χ4v) is 4.88. The van der Waals surface area contributed by atoms with Gasteiger partial charge in [-0.15, -0.1) is 0 Å². The van der Waals surface area contributed by atoms with Crippen molar-refractivity contribution in [2.45, 2.75) is 56.3 Å². The first-order valence-corrected chi connectivity index (χ1v) is 11.3. The summed E-state index contributed by atoms with van der Waals surface area (Å²) in [6.07, 6.45) is 10.6. The van der Waals surface area contributed by atoms with Crippen LogP contribution in [0.15, 0.2) is 34.7 Å². The van der Waals surface area contributed by atoms with Gasteiger partial charge >= 0.3 is 5.97 Å². The highest BCUT2D eigenvalue weighted by Crippen LogP contribution is 2.27. The van der Waals surface area contributed by atoms with Gasteiger partial charge in [0.25, 0.3) is 0 Å². The number of piperidine rings is 1. The van der Waals surface area contributed by atoms with Crippen molar-refractivity contribution in [2.75, 3.05) is 24.5 Å². The van der Waals surface area contributed by atoms with E-state index in [1.54, 1.807) is 6.07 Å². The second-order valence-corrected chi connectivity index (χ2v) is 9.05. The Morgan fingerprint density at radius 2 is 1.89 bits per heavy atom. The van der Waals surface area contributed by atoms with Crippen molar-refractivity contribution >= 4 is 21.7 Å². The molecular formula is C20H28N2O4S. The molecule has 0 bridgehead atoms. The third-order valence-electron chi connectivity index (χ3n) is 5.33. The minimum Gasteiger partial charge on any atom is -0.478 e. The lowest BCUT2D eigenvalue weighted by Crippen LogP contribution is -2.31. The Hall–Kier alpha value is -1.86. The normalized spacial score (nSPS) is 18.2. The molecule has 2 aliphatic rings. The SMILES string of the molecule is O=C(O)c1cc(S(=O)(=O)NCCC2=CCCCC2)ccc1N1CCCCC1. The number of carboxylic acid groups (broad SMARTS) is 1. The Morgan fingerprint density at radius 3 is 2.56 bits per heavy atom. The van der Waals surface area contributed by atoms with Crippen LogP contribution >= 0.6 is 0 Å². The van der Waals surface area contributed by atoms with E-state index in [9.17, 15) is 18.3 Å². The van der Waals surface area contributed by atoms with Crippen LogP contribution in [0.3, 0.4) is 0 Å². The van der Waals surface area contributed by atoms with Gasteiger partial charge in [0.2, 0.25) is 10.0 Å². The Balaban J connectivity index is 1.73. The molecule has 0 unspecified atom stereocenters. The number of hydrogen-bond donors (Lipinski definition) is 2. The first-order chi connectivity index (χ1) is 13.0. The van der Waals surface area contributed by atoms with E-state index in [0.29, 0.717) is 18.7 Å². The molecule has 0 spiro atoms. The predicted octanol–water partition coefficient (Wildman–Crippen LogP) is 3.54. The van der Waals surface area contributed by atoms with Gasteiger partial charge in [-0.1, -0.05) is 11.6 Å². The Labute approximate surface area is 161 Å². The number of carboxylic acids is 1. The Morgan fingerprint density at radius 1 is 1.11 bits per heavy atom. The first kappa shape index (κ1) is 19.9. The number of aromatic carboxylic acids is 1. The molecule has 0 aromatic heterocycles. The lowest BCUT2D eigenvalue weighted by molar-refractivity contribution is 0.0697. The maximum Gasteiger partial charge on any atom is 0.337 e. The summed E-state index contributed by atoms with van der Waals surface area (Å²) in [6, 6.07) is 4.43. The first-order valence-electron chi connectivity index (χ1n) is 9.77. The standard InChI is InChI=1S/C20H28N2O4S/c23-20(24)18-15-17(9-10-19(18)22-13-5-2-6-14-22)27(25,26)21-12-11-16-7-3-1-4-8-16/h7,9-10,15,21H,1-6,8,11-14H2,(H,23,24). The quantitative estimate of drug-likeness (QED) is 0.693. The van der Waals surface area contributed by atoms with Gasteiger partial charge in [0.1, 0.15) is 0 Å². The summed E-state index contributed by atoms with van der Waals surface area (Å²) in [6.45, 7) is 1.95. The molecule has 1 saturated heterocycles. The van der Waals surface area contributed by atoms with Crippen LogP contribution in [0.1, 0.15) is 61.7 Å². The second kappa shape index (κ2) is 8.89. The predicted molar refractivity (Wildman–Crippen MR) is 106 cm³/mol. The van der Waals surface area contributed by atoms with Crippen molar-refractivity contribution < 1.29 is 18.3 Å². The number of rotatable bonds is 7. The highest BCUT2D eigenvalue weighted by molar-refractivity contribution is 7.89. The number of sulfonamides is 1. The van der Waals surface area contributed by atoms with Crippen LogP contribution in [0.4, 0.5) is 5.69 Å². The summed E-state index contributed by atoms with van der Waals surface area (Å²) >= 11 is 0. The van der Waals surface area contributed by atoms with E-state index in [0.717, 1.165) is 45.2 Å². The van der Waals surface area contributed by atoms with E-state index in [1.807, 2.05) is 4.90 Å². The van der Waals surface area contributed by atoms with E-state index in [1.165, 1.54) is 30.5 Å². The zero-order valence-electron chi connectivity index (χ0n) is 15.6. The lowest BCUT2D eigenvalue weighted by Gasteiger charge is -2.30. The van der Waals surface area contributed by atoms with Crippen molar-refractivity contribution in [3.63, 3.8) is 0 Å². The van der Waals surface area contributed by atoms with Crippen LogP contribution in [0.25, 0.3) is 0 Å². The summed E-state index contributed by atoms with van der Waals surface area (Å²) < 4.78 is 27.8. The van der Waals surface area contributed by atoms with Gasteiger partial charge in [-0.2, -0.15) is 0 Å². The Bertz CT molecular complexity index is 811. The zero-order valence-corrected chi connectivity index (χ0v) is 16.4. The zero-order chi connectivity index (χ0) is 19.3. The van der Waals surface area contributed by atoms with Crippen LogP contribution in [0, 0.1) is 0 Å². The van der Waals surface area contributed by atoms with Gasteiger partial charge in [-0.05, 0) is 69.6 Å². The molecule has 0 saturated carbocycles. The molecule has 3 rings (SSSR count). The van der Waals surface area contributed by atoms with Crippen LogP contribution in [-0.4, -0.2) is 39.1 Å². The topological polar surface area (TPSA) is 86.7 Å². The fourth-order valence-electron chi connectivity index (χ4n) is 3.83. The maximum atomic E-state index is 12.6. The molecule has 1 aromatic carbocycles. The molecule has 1 heterocycles. The van der Waals surface area contributed by atoms with Gasteiger partial charge in [-0.25, -0.2) is 17.9 Å². The summed E-state index contributed by atoms with van der Waals surface area (Å²) in [5, 5.41) is 9.58. The van der Waals surface area contributed by atoms with Crippen molar-refractivity contribution in [2.24, 2.45) is 0 Å². The Kier molecular flexibility index (Phi) is 6.55. The number of anilines is 1. The molecule has 0 radical (unpaired) electrons. The van der Waals surface area contributed by atoms with Gasteiger partial charge in [0, 0.05) is 19.6 Å². The van der Waals surface area contributed by atoms with Crippen LogP contribution in [-0.2, 0) is 10.0 Å². The molecular weight excluding hydrogens is 364 g/mol. The van der Waals surface area contributed by atoms with Gasteiger partial charge in [0.05, 0.1) is 16.1 Å². The fraction of sp³-hybridized carbons (Fsp3) is 0.550. The highest BCUT2D eigenvalue weighted by atomic mass is 32.2. The van der Waals surface area contributed by atoms with Gasteiger partial charge < -0.3 is 10.0 Å². The average molecular weight is 393 g/mol. The van der Waals surface area contributed by atoms with E-state index < -0.39 is 16.0 Å². The molecule has 7 heteroatoms. The van der Waals surface area contributed by atoms with Crippen molar-refractivity contribution in [1.82, 2.24) is 4.72 Å². The smallest absolute Gasteiger partial charge is 0.337 e. The molecule has 1 aliphatic carbocycles. The van der Waals surface area contributed by atoms with E-state index in [2.05, 4.69) is 10.8 Å². The summed E-state index contributed by atoms with van der Waals surface area (Å²) in [5.74, 6) is -1.10. The molecule has 2 N–H and O–H groups in total. The van der Waals surface area contributed by atoms with Crippen molar-refractivity contribution in [1.29, 1.82) is 0 Å². The van der Waals surface area contributed by atoms with Crippen molar-refractivity contribution in [3.8, 4) is 0 Å². The van der Waals surface area contributed by atoms with Crippen LogP contribution in [0.2, 0.25) is 0 Å². The number of nitrogens with one attached hydrogen (secondary N) is 1. The number of nitrogens with zero attached hydrogens (tertiary/aromatic N) is 1. The lowest BCUT2D eigenvalue weighted by atomic mass is 9.97. The third kappa shape index (κ3) is 5.11. The maximum absolute atomic E-state index is 12.6. The molecule has 1 aromatic rings. The van der Waals surface area contributed by atoms with Crippen LogP contribution < -0.4 is 9.62 Å². The molecule has 1 fully saturated rings. The second-order valence-electron chi connectivity index (χ2n) is 7.29. The monoisotopic (exact) mass is 392 g/mol. The van der Waals surface area contributed by atoms with Gasteiger partial charge in [-0.3, -0.25) is 0 Å². The van der Waals surface area contributed by atoms with E-state index in [4.69, 9.17) is 0 Å². The largest absolute Gasteiger partial charge is 0.478 e. The number of allylic oxidation sites excluding steroid dienone is 1. The highest BCUT2D eigenvalue weighted by Gasteiger charge is 2.22. The average Bonchev–Trinajstić information content (AvgIpc) is 2.69. The molecule has 1 aliphatic heterocycles. The molecule has 0 atom stereocenters. The molecule has 0 amide bonds. The molecule has 148 valence electrons. The van der Waals surface area contributed by atoms with E-state index in [-0.39, 0.29) is 10.5 Å². The summed E-state index contributed by atoms with van der Waals surface area (Å²) in [4.78, 5) is 13.8. The summed E-state index contributed by atoms with van der Waals surface area (Å²) in [5.41, 5.74) is 1.96. The number of carbonyl (C=O) groups is 1. The third-order valence-corrected chi connectivity index (χ3v) is 6.79.